The van der Waals surface area contributed by atoms with Gasteiger partial charge in [0.15, 0.2) is 11.6 Å². The molecular weight excluding hydrogens is 254 g/mol. The fraction of sp³-hybridized carbons (Fsp3) is 0.636. The van der Waals surface area contributed by atoms with E-state index in [-0.39, 0.29) is 11.4 Å². The maximum Gasteiger partial charge on any atom is 0.226 e. The van der Waals surface area contributed by atoms with E-state index in [9.17, 15) is 0 Å². The van der Waals surface area contributed by atoms with Gasteiger partial charge in [0, 0.05) is 26.7 Å². The lowest BCUT2D eigenvalue weighted by atomic mass is 10.2. The van der Waals surface area contributed by atoms with E-state index in [1.54, 1.807) is 7.11 Å². The number of halogens is 1. The van der Waals surface area contributed by atoms with Gasteiger partial charge < -0.3 is 20.7 Å². The van der Waals surface area contributed by atoms with Crippen molar-refractivity contribution < 1.29 is 4.74 Å². The molecule has 0 radical (unpaired) electrons. The topological polar surface area (TPSA) is 76.3 Å². The van der Waals surface area contributed by atoms with Crippen molar-refractivity contribution in [2.45, 2.75) is 19.4 Å². The first-order valence-corrected chi connectivity index (χ1v) is 6.34. The second kappa shape index (κ2) is 5.58. The van der Waals surface area contributed by atoms with Crippen LogP contribution in [0.4, 0.5) is 17.3 Å². The number of hydrogen-bond acceptors (Lipinski definition) is 6. The van der Waals surface area contributed by atoms with E-state index in [2.05, 4.69) is 20.2 Å². The van der Waals surface area contributed by atoms with Gasteiger partial charge in [-0.1, -0.05) is 0 Å². The third-order valence-electron chi connectivity index (χ3n) is 3.08. The molecule has 0 saturated heterocycles. The third-order valence-corrected chi connectivity index (χ3v) is 3.25. The predicted octanol–water partition coefficient (Wildman–Crippen LogP) is 1.37. The van der Waals surface area contributed by atoms with Crippen LogP contribution in [0, 0.1) is 0 Å². The molecule has 1 aliphatic rings. The van der Waals surface area contributed by atoms with Gasteiger partial charge in [-0.15, -0.1) is 0 Å². The minimum absolute atomic E-state index is 0.180. The van der Waals surface area contributed by atoms with Crippen LogP contribution in [0.15, 0.2) is 0 Å². The minimum atomic E-state index is 0.180. The molecular formula is C11H18ClN5O. The Labute approximate surface area is 111 Å². The van der Waals surface area contributed by atoms with Crippen molar-refractivity contribution >= 4 is 28.9 Å². The summed E-state index contributed by atoms with van der Waals surface area (Å²) >= 11 is 5.86. The van der Waals surface area contributed by atoms with Gasteiger partial charge in [0.05, 0.1) is 6.10 Å². The van der Waals surface area contributed by atoms with Crippen molar-refractivity contribution in [2.75, 3.05) is 42.7 Å². The summed E-state index contributed by atoms with van der Waals surface area (Å²) in [5.74, 6) is 1.18. The van der Waals surface area contributed by atoms with Crippen molar-refractivity contribution in [3.63, 3.8) is 0 Å². The summed E-state index contributed by atoms with van der Waals surface area (Å²) in [4.78, 5) is 10.4. The Morgan fingerprint density at radius 2 is 2.33 bits per heavy atom. The molecule has 0 aliphatic carbocycles. The minimum Gasteiger partial charge on any atom is -0.382 e. The van der Waals surface area contributed by atoms with Gasteiger partial charge in [0.1, 0.15) is 5.69 Å². The van der Waals surface area contributed by atoms with Crippen LogP contribution < -0.4 is 16.0 Å². The van der Waals surface area contributed by atoms with E-state index in [4.69, 9.17) is 22.1 Å². The fourth-order valence-electron chi connectivity index (χ4n) is 1.93. The molecule has 1 atom stereocenters. The van der Waals surface area contributed by atoms with E-state index in [1.165, 1.54) is 0 Å². The maximum atomic E-state index is 5.86. The average molecular weight is 272 g/mol. The number of anilines is 3. The molecule has 1 aromatic heterocycles. The molecule has 3 N–H and O–H groups in total. The van der Waals surface area contributed by atoms with E-state index in [1.807, 2.05) is 6.92 Å². The summed E-state index contributed by atoms with van der Waals surface area (Å²) in [5, 5.41) is 3.39. The first-order valence-electron chi connectivity index (χ1n) is 5.96. The number of fused-ring (bicyclic) bond motifs is 1. The normalized spacial score (nSPS) is 16.1. The van der Waals surface area contributed by atoms with Crippen LogP contribution in [0.3, 0.4) is 0 Å². The molecule has 0 amide bonds. The third kappa shape index (κ3) is 2.76. The molecule has 18 heavy (non-hydrogen) atoms. The summed E-state index contributed by atoms with van der Waals surface area (Å²) in [5.41, 5.74) is 6.61. The highest BCUT2D eigenvalue weighted by Gasteiger charge is 2.22. The summed E-state index contributed by atoms with van der Waals surface area (Å²) < 4.78 is 5.25. The number of rotatable bonds is 4. The first-order chi connectivity index (χ1) is 8.61. The molecule has 0 aromatic carbocycles. The number of nitrogens with one attached hydrogen (secondary N) is 1. The van der Waals surface area contributed by atoms with Crippen LogP contribution in [0.2, 0.25) is 5.28 Å². The largest absolute Gasteiger partial charge is 0.382 e. The highest BCUT2D eigenvalue weighted by molar-refractivity contribution is 6.28. The maximum absolute atomic E-state index is 5.86. The number of nitrogen functional groups attached to an aromatic ring is 1. The molecule has 2 heterocycles. The van der Waals surface area contributed by atoms with Crippen LogP contribution in [-0.4, -0.2) is 42.8 Å². The molecule has 1 aliphatic heterocycles. The molecule has 1 unspecified atom stereocenters. The Bertz CT molecular complexity index is 428. The Kier molecular flexibility index (Phi) is 4.08. The SMILES string of the molecule is COC(C)CCN1CCNc2c(N)nc(Cl)nc21. The molecule has 0 bridgehead atoms. The Hall–Kier alpha value is -1.27. The van der Waals surface area contributed by atoms with Crippen LogP contribution in [0.25, 0.3) is 0 Å². The molecule has 1 aromatic rings. The molecule has 2 rings (SSSR count). The van der Waals surface area contributed by atoms with E-state index >= 15 is 0 Å². The molecule has 0 spiro atoms. The Balaban J connectivity index is 2.17. The zero-order chi connectivity index (χ0) is 13.1. The lowest BCUT2D eigenvalue weighted by Crippen LogP contribution is -2.37. The second-order valence-electron chi connectivity index (χ2n) is 4.33. The van der Waals surface area contributed by atoms with E-state index in [0.29, 0.717) is 5.82 Å². The highest BCUT2D eigenvalue weighted by Crippen LogP contribution is 2.32. The van der Waals surface area contributed by atoms with Crippen molar-refractivity contribution in [3.8, 4) is 0 Å². The summed E-state index contributed by atoms with van der Waals surface area (Å²) in [6.07, 6.45) is 1.15. The standard InChI is InChI=1S/C11H18ClN5O/c1-7(18-2)3-5-17-6-4-14-8-9(13)15-11(12)16-10(8)17/h7,14H,3-6H2,1-2H3,(H2,13,15,16). The molecule has 6 nitrogen and oxygen atoms in total. The highest BCUT2D eigenvalue weighted by atomic mass is 35.5. The number of nitrogens with two attached hydrogens (primary N) is 1. The summed E-state index contributed by atoms with van der Waals surface area (Å²) in [7, 11) is 1.72. The Morgan fingerprint density at radius 1 is 1.56 bits per heavy atom. The Morgan fingerprint density at radius 3 is 3.06 bits per heavy atom. The molecule has 7 heteroatoms. The van der Waals surface area contributed by atoms with Gasteiger partial charge in [0.2, 0.25) is 5.28 Å². The second-order valence-corrected chi connectivity index (χ2v) is 4.66. The van der Waals surface area contributed by atoms with E-state index in [0.717, 1.165) is 37.6 Å². The first kappa shape index (κ1) is 13.2. The van der Waals surface area contributed by atoms with Gasteiger partial charge in [-0.05, 0) is 24.9 Å². The van der Waals surface area contributed by atoms with Crippen LogP contribution >= 0.6 is 11.6 Å². The van der Waals surface area contributed by atoms with Crippen LogP contribution in [0.5, 0.6) is 0 Å². The lowest BCUT2D eigenvalue weighted by Gasteiger charge is -2.31. The van der Waals surface area contributed by atoms with Gasteiger partial charge >= 0.3 is 0 Å². The summed E-state index contributed by atoms with van der Waals surface area (Å²) in [6.45, 7) is 4.60. The number of aromatic nitrogens is 2. The summed E-state index contributed by atoms with van der Waals surface area (Å²) in [6, 6.07) is 0. The van der Waals surface area contributed by atoms with Crippen molar-refractivity contribution in [1.82, 2.24) is 9.97 Å². The van der Waals surface area contributed by atoms with Gasteiger partial charge in [-0.25, -0.2) is 0 Å². The van der Waals surface area contributed by atoms with Crippen molar-refractivity contribution in [1.29, 1.82) is 0 Å². The monoisotopic (exact) mass is 271 g/mol. The van der Waals surface area contributed by atoms with Gasteiger partial charge in [-0.3, -0.25) is 0 Å². The van der Waals surface area contributed by atoms with E-state index < -0.39 is 0 Å². The molecule has 100 valence electrons. The number of ether oxygens (including phenoxy) is 1. The zero-order valence-electron chi connectivity index (χ0n) is 10.6. The predicted molar refractivity (Wildman–Crippen MR) is 73.2 cm³/mol. The van der Waals surface area contributed by atoms with Crippen LogP contribution in [-0.2, 0) is 4.74 Å². The number of methoxy groups -OCH3 is 1. The smallest absolute Gasteiger partial charge is 0.226 e. The van der Waals surface area contributed by atoms with Crippen molar-refractivity contribution in [2.24, 2.45) is 0 Å². The van der Waals surface area contributed by atoms with Crippen LogP contribution in [0.1, 0.15) is 13.3 Å². The van der Waals surface area contributed by atoms with Gasteiger partial charge in [0.25, 0.3) is 0 Å². The molecule has 0 fully saturated rings. The zero-order valence-corrected chi connectivity index (χ0v) is 11.4. The van der Waals surface area contributed by atoms with Crippen molar-refractivity contribution in [3.05, 3.63) is 5.28 Å². The number of hydrogen-bond donors (Lipinski definition) is 2. The fourth-order valence-corrected chi connectivity index (χ4v) is 2.10. The number of nitrogens with zero attached hydrogens (tertiary/aromatic N) is 3. The molecule has 0 saturated carbocycles. The quantitative estimate of drug-likeness (QED) is 0.806. The lowest BCUT2D eigenvalue weighted by molar-refractivity contribution is 0.112. The average Bonchev–Trinajstić information content (AvgIpc) is 2.36. The van der Waals surface area contributed by atoms with Gasteiger partial charge in [-0.2, -0.15) is 9.97 Å².